The van der Waals surface area contributed by atoms with Crippen molar-refractivity contribution in [2.45, 2.75) is 12.8 Å². The molecular weight excluding hydrogens is 228 g/mol. The van der Waals surface area contributed by atoms with Gasteiger partial charge in [0.2, 0.25) is 0 Å². The molecule has 0 radical (unpaired) electrons. The molecule has 3 rings (SSSR count). The summed E-state index contributed by atoms with van der Waals surface area (Å²) in [6.07, 6.45) is 2.17. The van der Waals surface area contributed by atoms with Crippen molar-refractivity contribution in [2.75, 3.05) is 19.8 Å². The number of hydrogen-bond acceptors (Lipinski definition) is 3. The fourth-order valence-electron chi connectivity index (χ4n) is 2.36. The van der Waals surface area contributed by atoms with E-state index in [4.69, 9.17) is 9.47 Å². The van der Waals surface area contributed by atoms with Crippen molar-refractivity contribution in [3.05, 3.63) is 24.3 Å². The van der Waals surface area contributed by atoms with Gasteiger partial charge in [-0.05, 0) is 30.9 Å². The Hall–Kier alpha value is -1.55. The Labute approximate surface area is 107 Å². The van der Waals surface area contributed by atoms with Crippen LogP contribution in [0.5, 0.6) is 6.01 Å². The van der Waals surface area contributed by atoms with E-state index < -0.39 is 0 Å². The second-order valence-corrected chi connectivity index (χ2v) is 4.81. The Bertz CT molecular complexity index is 530. The largest absolute Gasteiger partial charge is 0.464 e. The molecule has 18 heavy (non-hydrogen) atoms. The number of nitrogens with zero attached hydrogens (tertiary/aromatic N) is 2. The zero-order valence-electron chi connectivity index (χ0n) is 10.6. The lowest BCUT2D eigenvalue weighted by molar-refractivity contribution is 0.0478. The third-order valence-corrected chi connectivity index (χ3v) is 3.54. The lowest BCUT2D eigenvalue weighted by Crippen LogP contribution is -2.22. The van der Waals surface area contributed by atoms with Crippen molar-refractivity contribution in [3.63, 3.8) is 0 Å². The zero-order valence-corrected chi connectivity index (χ0v) is 10.6. The molecule has 1 aliphatic rings. The van der Waals surface area contributed by atoms with E-state index in [1.807, 2.05) is 29.8 Å². The van der Waals surface area contributed by atoms with E-state index in [-0.39, 0.29) is 0 Å². The molecule has 4 nitrogen and oxygen atoms in total. The first kappa shape index (κ1) is 11.5. The van der Waals surface area contributed by atoms with E-state index >= 15 is 0 Å². The fraction of sp³-hybridized carbons (Fsp3) is 0.500. The molecule has 0 bridgehead atoms. The first-order valence-electron chi connectivity index (χ1n) is 6.46. The van der Waals surface area contributed by atoms with Crippen LogP contribution in [-0.2, 0) is 11.8 Å². The van der Waals surface area contributed by atoms with Crippen LogP contribution in [0, 0.1) is 5.92 Å². The summed E-state index contributed by atoms with van der Waals surface area (Å²) in [5, 5.41) is 0. The number of ether oxygens (including phenoxy) is 2. The molecule has 0 aliphatic carbocycles. The van der Waals surface area contributed by atoms with Gasteiger partial charge in [-0.2, -0.15) is 4.98 Å². The number of benzene rings is 1. The number of fused-ring (bicyclic) bond motifs is 1. The second kappa shape index (κ2) is 4.98. The third-order valence-electron chi connectivity index (χ3n) is 3.54. The van der Waals surface area contributed by atoms with E-state index in [1.54, 1.807) is 0 Å². The SMILES string of the molecule is Cn1c(OCC2CCOCC2)nc2ccccc21. The maximum Gasteiger partial charge on any atom is 0.297 e. The number of aryl methyl sites for hydroxylation is 1. The molecule has 1 aliphatic heterocycles. The average molecular weight is 246 g/mol. The summed E-state index contributed by atoms with van der Waals surface area (Å²) >= 11 is 0. The molecule has 1 aromatic heterocycles. The average Bonchev–Trinajstić information content (AvgIpc) is 2.75. The second-order valence-electron chi connectivity index (χ2n) is 4.81. The van der Waals surface area contributed by atoms with Crippen LogP contribution in [0.15, 0.2) is 24.3 Å². The van der Waals surface area contributed by atoms with Gasteiger partial charge in [-0.3, -0.25) is 4.57 Å². The summed E-state index contributed by atoms with van der Waals surface area (Å²) in [5.41, 5.74) is 2.10. The highest BCUT2D eigenvalue weighted by atomic mass is 16.5. The lowest BCUT2D eigenvalue weighted by atomic mass is 10.0. The number of rotatable bonds is 3. The number of imidazole rings is 1. The molecule has 2 aromatic rings. The maximum atomic E-state index is 5.86. The minimum absolute atomic E-state index is 0.596. The van der Waals surface area contributed by atoms with Crippen molar-refractivity contribution < 1.29 is 9.47 Å². The molecule has 2 heterocycles. The quantitative estimate of drug-likeness (QED) is 0.834. The lowest BCUT2D eigenvalue weighted by Gasteiger charge is -2.21. The van der Waals surface area contributed by atoms with Crippen molar-refractivity contribution in [3.8, 4) is 6.01 Å². The van der Waals surface area contributed by atoms with Crippen LogP contribution in [-0.4, -0.2) is 29.4 Å². The molecule has 0 N–H and O–H groups in total. The summed E-state index contributed by atoms with van der Waals surface area (Å²) in [7, 11) is 1.99. The van der Waals surface area contributed by atoms with Crippen molar-refractivity contribution in [2.24, 2.45) is 13.0 Å². The first-order chi connectivity index (χ1) is 8.84. The summed E-state index contributed by atoms with van der Waals surface area (Å²) in [4.78, 5) is 4.51. The monoisotopic (exact) mass is 246 g/mol. The predicted octanol–water partition coefficient (Wildman–Crippen LogP) is 2.38. The van der Waals surface area contributed by atoms with Crippen molar-refractivity contribution in [1.82, 2.24) is 9.55 Å². The van der Waals surface area contributed by atoms with Crippen LogP contribution < -0.4 is 4.74 Å². The highest BCUT2D eigenvalue weighted by Crippen LogP contribution is 2.21. The molecule has 0 atom stereocenters. The van der Waals surface area contributed by atoms with Gasteiger partial charge in [0.15, 0.2) is 0 Å². The topological polar surface area (TPSA) is 36.3 Å². The van der Waals surface area contributed by atoms with Gasteiger partial charge in [-0.15, -0.1) is 0 Å². The Kier molecular flexibility index (Phi) is 3.19. The minimum Gasteiger partial charge on any atom is -0.464 e. The number of para-hydroxylation sites is 2. The van der Waals surface area contributed by atoms with Gasteiger partial charge in [0, 0.05) is 20.3 Å². The van der Waals surface area contributed by atoms with Crippen LogP contribution in [0.3, 0.4) is 0 Å². The van der Waals surface area contributed by atoms with Crippen molar-refractivity contribution >= 4 is 11.0 Å². The van der Waals surface area contributed by atoms with Crippen LogP contribution in [0.4, 0.5) is 0 Å². The molecule has 0 spiro atoms. The van der Waals surface area contributed by atoms with Gasteiger partial charge in [-0.1, -0.05) is 12.1 Å². The van der Waals surface area contributed by atoms with E-state index in [2.05, 4.69) is 11.1 Å². The van der Waals surface area contributed by atoms with E-state index in [9.17, 15) is 0 Å². The maximum absolute atomic E-state index is 5.86. The van der Waals surface area contributed by atoms with Gasteiger partial charge < -0.3 is 9.47 Å². The molecule has 1 aromatic carbocycles. The standard InChI is InChI=1S/C14H18N2O2/c1-16-13-5-3-2-4-12(13)15-14(16)18-10-11-6-8-17-9-7-11/h2-5,11H,6-10H2,1H3. The molecule has 0 unspecified atom stereocenters. The summed E-state index contributed by atoms with van der Waals surface area (Å²) in [6, 6.07) is 8.80. The molecular formula is C14H18N2O2. The highest BCUT2D eigenvalue weighted by molar-refractivity contribution is 5.76. The van der Waals surface area contributed by atoms with E-state index in [1.165, 1.54) is 0 Å². The molecule has 1 fully saturated rings. The van der Waals surface area contributed by atoms with Gasteiger partial charge >= 0.3 is 0 Å². The molecule has 1 saturated heterocycles. The smallest absolute Gasteiger partial charge is 0.297 e. The number of aromatic nitrogens is 2. The Morgan fingerprint density at radius 3 is 2.89 bits per heavy atom. The summed E-state index contributed by atoms with van der Waals surface area (Å²) in [5.74, 6) is 0.596. The molecule has 4 heteroatoms. The van der Waals surface area contributed by atoms with Gasteiger partial charge in [0.25, 0.3) is 6.01 Å². The van der Waals surface area contributed by atoms with Crippen molar-refractivity contribution in [1.29, 1.82) is 0 Å². The predicted molar refractivity (Wildman–Crippen MR) is 69.8 cm³/mol. The summed E-state index contributed by atoms with van der Waals surface area (Å²) in [6.45, 7) is 2.45. The normalized spacial score (nSPS) is 17.2. The van der Waals surface area contributed by atoms with Gasteiger partial charge in [0.1, 0.15) is 0 Å². The Morgan fingerprint density at radius 2 is 2.11 bits per heavy atom. The van der Waals surface area contributed by atoms with Gasteiger partial charge in [-0.25, -0.2) is 0 Å². The first-order valence-corrected chi connectivity index (χ1v) is 6.46. The molecule has 0 amide bonds. The molecule has 96 valence electrons. The van der Waals surface area contributed by atoms with Crippen LogP contribution in [0.2, 0.25) is 0 Å². The van der Waals surface area contributed by atoms with E-state index in [0.29, 0.717) is 11.9 Å². The summed E-state index contributed by atoms with van der Waals surface area (Å²) < 4.78 is 13.2. The Balaban J connectivity index is 1.72. The number of hydrogen-bond donors (Lipinski definition) is 0. The Morgan fingerprint density at radius 1 is 1.33 bits per heavy atom. The van der Waals surface area contributed by atoms with Gasteiger partial charge in [0.05, 0.1) is 17.6 Å². The fourth-order valence-corrected chi connectivity index (χ4v) is 2.36. The minimum atomic E-state index is 0.596. The van der Waals surface area contributed by atoms with Crippen LogP contribution in [0.1, 0.15) is 12.8 Å². The third kappa shape index (κ3) is 2.20. The van der Waals surface area contributed by atoms with E-state index in [0.717, 1.165) is 43.7 Å². The zero-order chi connectivity index (χ0) is 12.4. The van der Waals surface area contributed by atoms with Crippen LogP contribution in [0.25, 0.3) is 11.0 Å². The van der Waals surface area contributed by atoms with Crippen LogP contribution >= 0.6 is 0 Å². The highest BCUT2D eigenvalue weighted by Gasteiger charge is 2.16. The molecule has 0 saturated carbocycles.